The molecule has 1 fully saturated rings. The minimum atomic E-state index is -0.820. The van der Waals surface area contributed by atoms with Gasteiger partial charge in [0.05, 0.1) is 33.3 Å². The van der Waals surface area contributed by atoms with Crippen LogP contribution in [0.15, 0.2) is 51.5 Å². The maximum Gasteiger partial charge on any atom is 0.410 e. The molecule has 1 spiro atoms. The lowest BCUT2D eigenvalue weighted by Crippen LogP contribution is -2.46. The molecule has 0 bridgehead atoms. The number of nitriles is 2. The molecule has 4 N–H and O–H groups in total. The van der Waals surface area contributed by atoms with E-state index < -0.39 is 11.5 Å². The van der Waals surface area contributed by atoms with Crippen molar-refractivity contribution < 1.29 is 9.53 Å². The van der Waals surface area contributed by atoms with E-state index >= 15 is 0 Å². The fraction of sp³-hybridized carbons (Fsp3) is 0.316. The van der Waals surface area contributed by atoms with Gasteiger partial charge in [-0.05, 0) is 18.4 Å². The van der Waals surface area contributed by atoms with E-state index in [2.05, 4.69) is 12.1 Å². The van der Waals surface area contributed by atoms with E-state index in [-0.39, 0.29) is 6.61 Å². The third-order valence-corrected chi connectivity index (χ3v) is 5.82. The molecule has 1 aromatic rings. The van der Waals surface area contributed by atoms with E-state index in [1.807, 2.05) is 30.3 Å². The Bertz CT molecular complexity index is 849. The molecule has 0 atom stereocenters. The summed E-state index contributed by atoms with van der Waals surface area (Å²) in [5.74, 6) is 0. The molecule has 2 aliphatic rings. The number of hydrogen-bond donors (Lipinski definition) is 2. The number of piperidine rings is 1. The van der Waals surface area contributed by atoms with Crippen molar-refractivity contribution >= 4 is 17.9 Å². The van der Waals surface area contributed by atoms with Crippen LogP contribution in [-0.4, -0.2) is 24.1 Å². The minimum Gasteiger partial charge on any atom is -0.445 e. The Morgan fingerprint density at radius 1 is 1.11 bits per heavy atom. The Kier molecular flexibility index (Phi) is 5.29. The number of likely N-dealkylation sites (tertiary alicyclic amines) is 1. The first kappa shape index (κ1) is 18.7. The van der Waals surface area contributed by atoms with Gasteiger partial charge in [-0.25, -0.2) is 4.79 Å². The van der Waals surface area contributed by atoms with E-state index in [0.717, 1.165) is 17.3 Å². The van der Waals surface area contributed by atoms with Crippen molar-refractivity contribution in [2.75, 3.05) is 13.1 Å². The second-order valence-electron chi connectivity index (χ2n) is 6.41. The molecule has 2 aliphatic heterocycles. The molecule has 0 unspecified atom stereocenters. The number of benzene rings is 1. The number of allylic oxidation sites excluding steroid dienone is 2. The predicted molar refractivity (Wildman–Crippen MR) is 101 cm³/mol. The Morgan fingerprint density at radius 2 is 1.67 bits per heavy atom. The standard InChI is InChI=1S/C19H19N5O2S/c20-10-14-16(22)27-17(23)15(11-21)19(14)6-8-24(9-7-19)18(25)26-12-13-4-2-1-3-5-13/h1-5H,6-9,12,22-23H2. The highest BCUT2D eigenvalue weighted by molar-refractivity contribution is 8.06. The highest BCUT2D eigenvalue weighted by atomic mass is 32.2. The number of ether oxygens (including phenoxy) is 1. The molecule has 0 aromatic heterocycles. The number of amides is 1. The molecular weight excluding hydrogens is 362 g/mol. The van der Waals surface area contributed by atoms with Crippen molar-refractivity contribution in [2.24, 2.45) is 16.9 Å². The number of rotatable bonds is 2. The van der Waals surface area contributed by atoms with Crippen molar-refractivity contribution in [3.63, 3.8) is 0 Å². The van der Waals surface area contributed by atoms with E-state index in [0.29, 0.717) is 47.1 Å². The number of carbonyl (C=O) groups is 1. The lowest BCUT2D eigenvalue weighted by molar-refractivity contribution is 0.0771. The van der Waals surface area contributed by atoms with Crippen LogP contribution in [0.1, 0.15) is 18.4 Å². The van der Waals surface area contributed by atoms with Gasteiger partial charge in [-0.2, -0.15) is 10.5 Å². The average Bonchev–Trinajstić information content (AvgIpc) is 2.68. The van der Waals surface area contributed by atoms with Crippen LogP contribution < -0.4 is 11.5 Å². The summed E-state index contributed by atoms with van der Waals surface area (Å²) < 4.78 is 5.37. The Morgan fingerprint density at radius 3 is 2.19 bits per heavy atom. The molecule has 2 heterocycles. The number of hydrogen-bond acceptors (Lipinski definition) is 7. The van der Waals surface area contributed by atoms with Gasteiger partial charge in [0.1, 0.15) is 6.61 Å². The van der Waals surface area contributed by atoms with Gasteiger partial charge in [0.25, 0.3) is 0 Å². The van der Waals surface area contributed by atoms with Crippen molar-refractivity contribution in [2.45, 2.75) is 19.4 Å². The summed E-state index contributed by atoms with van der Waals surface area (Å²) in [4.78, 5) is 14.0. The van der Waals surface area contributed by atoms with Crippen molar-refractivity contribution in [1.82, 2.24) is 4.90 Å². The molecule has 27 heavy (non-hydrogen) atoms. The van der Waals surface area contributed by atoms with Crippen LogP contribution in [0.3, 0.4) is 0 Å². The molecule has 1 saturated heterocycles. The van der Waals surface area contributed by atoms with Crippen molar-refractivity contribution in [1.29, 1.82) is 10.5 Å². The van der Waals surface area contributed by atoms with Crippen molar-refractivity contribution in [3.8, 4) is 12.1 Å². The first-order valence-electron chi connectivity index (χ1n) is 8.46. The SMILES string of the molecule is N#CC1=C(N)SC(N)=C(C#N)C12CCN(C(=O)OCc1ccccc1)CC2. The smallest absolute Gasteiger partial charge is 0.410 e. The van der Waals surface area contributed by atoms with Gasteiger partial charge in [0.15, 0.2) is 0 Å². The summed E-state index contributed by atoms with van der Waals surface area (Å²) in [6.07, 6.45) is 0.396. The van der Waals surface area contributed by atoms with E-state index in [1.54, 1.807) is 4.90 Å². The normalized spacial score (nSPS) is 18.8. The summed E-state index contributed by atoms with van der Waals surface area (Å²) in [5.41, 5.74) is 12.8. The summed E-state index contributed by atoms with van der Waals surface area (Å²) in [6, 6.07) is 13.7. The van der Waals surface area contributed by atoms with Gasteiger partial charge in [-0.3, -0.25) is 0 Å². The summed E-state index contributed by atoms with van der Waals surface area (Å²) in [7, 11) is 0. The third-order valence-electron chi connectivity index (χ3n) is 4.97. The quantitative estimate of drug-likeness (QED) is 0.805. The van der Waals surface area contributed by atoms with Gasteiger partial charge < -0.3 is 21.1 Å². The molecule has 0 aliphatic carbocycles. The molecule has 1 aromatic carbocycles. The Labute approximate surface area is 161 Å². The van der Waals surface area contributed by atoms with Crippen LogP contribution in [0.5, 0.6) is 0 Å². The van der Waals surface area contributed by atoms with Crippen molar-refractivity contribution in [3.05, 3.63) is 57.1 Å². The van der Waals surface area contributed by atoms with E-state index in [4.69, 9.17) is 16.2 Å². The summed E-state index contributed by atoms with van der Waals surface area (Å²) in [6.45, 7) is 0.912. The molecular formula is C19H19N5O2S. The topological polar surface area (TPSA) is 129 Å². The van der Waals surface area contributed by atoms with Crippen LogP contribution >= 0.6 is 11.8 Å². The van der Waals surface area contributed by atoms with Gasteiger partial charge in [0, 0.05) is 18.5 Å². The van der Waals surface area contributed by atoms with Gasteiger partial charge >= 0.3 is 6.09 Å². The average molecular weight is 381 g/mol. The highest BCUT2D eigenvalue weighted by Crippen LogP contribution is 2.52. The summed E-state index contributed by atoms with van der Waals surface area (Å²) >= 11 is 1.05. The fourth-order valence-electron chi connectivity index (χ4n) is 3.52. The first-order valence-corrected chi connectivity index (χ1v) is 9.27. The second kappa shape index (κ2) is 7.65. The molecule has 7 nitrogen and oxygen atoms in total. The fourth-order valence-corrected chi connectivity index (χ4v) is 4.45. The molecule has 3 rings (SSSR count). The first-order chi connectivity index (χ1) is 13.0. The maximum atomic E-state index is 12.4. The zero-order chi connectivity index (χ0) is 19.4. The van der Waals surface area contributed by atoms with E-state index in [1.165, 1.54) is 0 Å². The van der Waals surface area contributed by atoms with Crippen LogP contribution in [0.2, 0.25) is 0 Å². The number of thioether (sulfide) groups is 1. The van der Waals surface area contributed by atoms with E-state index in [9.17, 15) is 15.3 Å². The minimum absolute atomic E-state index is 0.199. The molecule has 0 radical (unpaired) electrons. The zero-order valence-corrected chi connectivity index (χ0v) is 15.5. The van der Waals surface area contributed by atoms with Gasteiger partial charge in [-0.15, -0.1) is 0 Å². The van der Waals surface area contributed by atoms with Crippen LogP contribution in [0.25, 0.3) is 0 Å². The highest BCUT2D eigenvalue weighted by Gasteiger charge is 2.47. The summed E-state index contributed by atoms with van der Waals surface area (Å²) in [5, 5.41) is 19.8. The Hall–Kier alpha value is -3.10. The number of nitrogens with two attached hydrogens (primary N) is 2. The van der Waals surface area contributed by atoms with Crippen LogP contribution in [-0.2, 0) is 11.3 Å². The number of nitrogens with zero attached hydrogens (tertiary/aromatic N) is 3. The number of carbonyl (C=O) groups excluding carboxylic acids is 1. The van der Waals surface area contributed by atoms with Crippen LogP contribution in [0.4, 0.5) is 4.79 Å². The monoisotopic (exact) mass is 381 g/mol. The maximum absolute atomic E-state index is 12.4. The molecule has 1 amide bonds. The molecule has 138 valence electrons. The van der Waals surface area contributed by atoms with Gasteiger partial charge in [0.2, 0.25) is 0 Å². The zero-order valence-electron chi connectivity index (χ0n) is 14.6. The second-order valence-corrected chi connectivity index (χ2v) is 7.50. The Balaban J connectivity index is 1.71. The lowest BCUT2D eigenvalue weighted by Gasteiger charge is -2.43. The van der Waals surface area contributed by atoms with Gasteiger partial charge in [-0.1, -0.05) is 42.1 Å². The molecule has 8 heteroatoms. The van der Waals surface area contributed by atoms with Crippen LogP contribution in [0, 0.1) is 28.1 Å². The lowest BCUT2D eigenvalue weighted by atomic mass is 9.68. The molecule has 0 saturated carbocycles. The predicted octanol–water partition coefficient (Wildman–Crippen LogP) is 2.54. The largest absolute Gasteiger partial charge is 0.445 e. The third kappa shape index (κ3) is 3.44.